The van der Waals surface area contributed by atoms with Gasteiger partial charge in [0, 0.05) is 0 Å². The van der Waals surface area contributed by atoms with Crippen molar-refractivity contribution in [1.29, 1.82) is 0 Å². The van der Waals surface area contributed by atoms with E-state index in [4.69, 9.17) is 0 Å². The van der Waals surface area contributed by atoms with Gasteiger partial charge in [-0.2, -0.15) is 0 Å². The lowest BCUT2D eigenvalue weighted by molar-refractivity contribution is 1.87. The van der Waals surface area contributed by atoms with E-state index in [-0.39, 0.29) is 24.8 Å². The first-order valence-corrected chi connectivity index (χ1v) is 1.55. The highest BCUT2D eigenvalue weighted by atomic mass is 35.5. The lowest BCUT2D eigenvalue weighted by atomic mass is 13.9. The van der Waals surface area contributed by atoms with Crippen molar-refractivity contribution < 1.29 is 0 Å². The normalized spacial score (nSPS) is 3.60. The largest absolute Gasteiger partial charge is 0.292 e. The van der Waals surface area contributed by atoms with Gasteiger partial charge < -0.3 is 0 Å². The molecule has 0 aromatic rings. The van der Waals surface area contributed by atoms with Gasteiger partial charge in [0.2, 0.25) is 0 Å². The van der Waals surface area contributed by atoms with Crippen LogP contribution >= 0.6 is 33.7 Å². The maximum absolute atomic E-state index is 4.60. The van der Waals surface area contributed by atoms with Gasteiger partial charge in [0.25, 0.3) is 0 Å². The summed E-state index contributed by atoms with van der Waals surface area (Å²) in [5, 5.41) is 0. The Kier molecular flexibility index (Phi) is 68.6. The first-order chi connectivity index (χ1) is 1.41. The Hall–Kier alpha value is 0.930. The van der Waals surface area contributed by atoms with Crippen LogP contribution in [0.2, 0.25) is 0 Å². The molecule has 0 amide bonds. The van der Waals surface area contributed by atoms with E-state index < -0.39 is 0 Å². The van der Waals surface area contributed by atoms with E-state index in [1.165, 1.54) is 0 Å². The fourth-order valence-corrected chi connectivity index (χ4v) is 0. The van der Waals surface area contributed by atoms with Gasteiger partial charge in [-0.3, -0.25) is 11.0 Å². The SMILES string of the molecule is Cl.Cl.N[P]N. The molecule has 0 atom stereocenters. The molecule has 0 aromatic carbocycles. The Labute approximate surface area is 45.4 Å². The third-order valence-electron chi connectivity index (χ3n) is 0. The summed E-state index contributed by atoms with van der Waals surface area (Å²) in [6.07, 6.45) is 0. The molecule has 1 radical (unpaired) electrons. The van der Waals surface area contributed by atoms with Gasteiger partial charge in [-0.25, -0.2) is 0 Å². The summed E-state index contributed by atoms with van der Waals surface area (Å²) in [5.41, 5.74) is 9.19. The molecule has 0 spiro atoms. The maximum atomic E-state index is 4.60. The summed E-state index contributed by atoms with van der Waals surface area (Å²) in [5.74, 6) is 0. The van der Waals surface area contributed by atoms with Gasteiger partial charge in [-0.15, -0.1) is 24.8 Å². The Morgan fingerprint density at radius 1 is 1.00 bits per heavy atom. The third kappa shape index (κ3) is 48.9. The first-order valence-electron chi connectivity index (χ1n) is 0.516. The van der Waals surface area contributed by atoms with Crippen molar-refractivity contribution in [3.05, 3.63) is 0 Å². The molecular weight excluding hydrogens is 130 g/mol. The van der Waals surface area contributed by atoms with E-state index in [0.29, 0.717) is 8.88 Å². The van der Waals surface area contributed by atoms with Gasteiger partial charge >= 0.3 is 0 Å². The average Bonchev–Trinajstić information content (AvgIpc) is 0.918. The summed E-state index contributed by atoms with van der Waals surface area (Å²) in [4.78, 5) is 0. The lowest BCUT2D eigenvalue weighted by Crippen LogP contribution is -1.78. The van der Waals surface area contributed by atoms with Crippen LogP contribution in [0.15, 0.2) is 0 Å². The van der Waals surface area contributed by atoms with Crippen LogP contribution in [0.25, 0.3) is 0 Å². The smallest absolute Gasteiger partial charge is 0.0854 e. The van der Waals surface area contributed by atoms with Crippen LogP contribution in [-0.4, -0.2) is 0 Å². The zero-order valence-corrected chi connectivity index (χ0v) is 4.95. The summed E-state index contributed by atoms with van der Waals surface area (Å²) < 4.78 is 0. The Morgan fingerprint density at radius 3 is 1.00 bits per heavy atom. The predicted molar refractivity (Wildman–Crippen MR) is 29.8 cm³/mol. The predicted octanol–water partition coefficient (Wildman–Crippen LogP) is 0.524. The minimum Gasteiger partial charge on any atom is -0.292 e. The van der Waals surface area contributed by atoms with Crippen molar-refractivity contribution in [2.24, 2.45) is 11.0 Å². The minimum absolute atomic E-state index is 0. The molecule has 0 saturated heterocycles. The Morgan fingerprint density at radius 2 is 1.00 bits per heavy atom. The van der Waals surface area contributed by atoms with Crippen molar-refractivity contribution in [3.63, 3.8) is 0 Å². The number of hydrogen-bond acceptors (Lipinski definition) is 2. The Bertz CT molecular complexity index is 7.61. The number of rotatable bonds is 0. The van der Waals surface area contributed by atoms with Crippen LogP contribution in [0.1, 0.15) is 0 Å². The molecule has 4 N–H and O–H groups in total. The topological polar surface area (TPSA) is 52.0 Å². The first kappa shape index (κ1) is 16.8. The number of halogens is 2. The van der Waals surface area contributed by atoms with E-state index in [9.17, 15) is 0 Å². The van der Waals surface area contributed by atoms with Crippen LogP contribution in [0, 0.1) is 0 Å². The second-order valence-corrected chi connectivity index (χ2v) is 0.447. The summed E-state index contributed by atoms with van der Waals surface area (Å²) in [6, 6.07) is 0. The minimum atomic E-state index is 0. The van der Waals surface area contributed by atoms with Crippen LogP contribution in [0.3, 0.4) is 0 Å². The van der Waals surface area contributed by atoms with Crippen molar-refractivity contribution in [3.8, 4) is 0 Å². The zero-order valence-electron chi connectivity index (χ0n) is 2.42. The molecule has 0 unspecified atom stereocenters. The van der Waals surface area contributed by atoms with E-state index in [1.54, 1.807) is 0 Å². The molecule has 2 nitrogen and oxygen atoms in total. The van der Waals surface area contributed by atoms with Crippen molar-refractivity contribution in [2.45, 2.75) is 0 Å². The molecule has 0 aliphatic rings. The molecule has 0 saturated carbocycles. The van der Waals surface area contributed by atoms with Gasteiger partial charge in [0.15, 0.2) is 0 Å². The van der Waals surface area contributed by atoms with Crippen molar-refractivity contribution in [2.75, 3.05) is 0 Å². The quantitative estimate of drug-likeness (QED) is 0.477. The molecule has 0 fully saturated rings. The number of hydrogen-bond donors (Lipinski definition) is 2. The molecule has 35 valence electrons. The van der Waals surface area contributed by atoms with E-state index in [2.05, 4.69) is 11.0 Å². The van der Waals surface area contributed by atoms with Gasteiger partial charge in [-0.1, -0.05) is 0 Å². The fraction of sp³-hybridized carbons (Fsp3) is 0. The van der Waals surface area contributed by atoms with Crippen LogP contribution in [0.5, 0.6) is 0 Å². The summed E-state index contributed by atoms with van der Waals surface area (Å²) in [7, 11) is 0.417. The maximum Gasteiger partial charge on any atom is 0.0854 e. The highest BCUT2D eigenvalue weighted by Gasteiger charge is 1.32. The van der Waals surface area contributed by atoms with Crippen LogP contribution in [-0.2, 0) is 0 Å². The summed E-state index contributed by atoms with van der Waals surface area (Å²) >= 11 is 0. The third-order valence-corrected chi connectivity index (χ3v) is 0. The molecule has 0 heterocycles. The summed E-state index contributed by atoms with van der Waals surface area (Å²) in [6.45, 7) is 0. The molecule has 5 heteroatoms. The molecule has 0 rings (SSSR count). The highest BCUT2D eigenvalue weighted by Crippen LogP contribution is 1.62. The molecule has 0 aliphatic heterocycles. The monoisotopic (exact) mass is 135 g/mol. The van der Waals surface area contributed by atoms with Crippen LogP contribution < -0.4 is 11.0 Å². The number of nitrogens with two attached hydrogens (primary N) is 2. The van der Waals surface area contributed by atoms with Gasteiger partial charge in [0.05, 0.1) is 8.88 Å². The van der Waals surface area contributed by atoms with Gasteiger partial charge in [0.1, 0.15) is 0 Å². The van der Waals surface area contributed by atoms with Gasteiger partial charge in [-0.05, 0) is 0 Å². The molecule has 0 aliphatic carbocycles. The zero-order chi connectivity index (χ0) is 2.71. The van der Waals surface area contributed by atoms with E-state index in [1.807, 2.05) is 0 Å². The molecule has 0 aromatic heterocycles. The van der Waals surface area contributed by atoms with Crippen LogP contribution in [0.4, 0.5) is 0 Å². The second-order valence-electron chi connectivity index (χ2n) is 0.149. The molecule has 0 bridgehead atoms. The van der Waals surface area contributed by atoms with E-state index >= 15 is 0 Å². The lowest BCUT2D eigenvalue weighted by Gasteiger charge is -1.53. The fourth-order valence-electron chi connectivity index (χ4n) is 0. The molecular formula is H6Cl2N2P. The average molecular weight is 136 g/mol. The second kappa shape index (κ2) is 20.4. The molecule has 5 heavy (non-hydrogen) atoms. The standard InChI is InChI=1S/2ClH.H4N2P/c;;1-3-2/h2*1H;1-2H2. The Balaban J connectivity index is -0.0000000200. The van der Waals surface area contributed by atoms with Crippen molar-refractivity contribution in [1.82, 2.24) is 0 Å². The highest BCUT2D eigenvalue weighted by molar-refractivity contribution is 7.32. The van der Waals surface area contributed by atoms with E-state index in [0.717, 1.165) is 0 Å². The van der Waals surface area contributed by atoms with Crippen molar-refractivity contribution >= 4 is 33.7 Å².